The monoisotopic (exact) mass is 277 g/mol. The molecule has 1 amide bonds. The first-order valence-corrected chi connectivity index (χ1v) is 6.20. The van der Waals surface area contributed by atoms with Gasteiger partial charge < -0.3 is 15.1 Å². The second-order valence-corrected chi connectivity index (χ2v) is 4.98. The van der Waals surface area contributed by atoms with Crippen LogP contribution in [0.4, 0.5) is 0 Å². The first-order chi connectivity index (χ1) is 9.38. The Morgan fingerprint density at radius 3 is 2.60 bits per heavy atom. The fraction of sp³-hybridized carbons (Fsp3) is 0.357. The third-order valence-corrected chi connectivity index (χ3v) is 3.47. The Labute approximate surface area is 115 Å². The molecule has 20 heavy (non-hydrogen) atoms. The molecule has 1 aliphatic heterocycles. The van der Waals surface area contributed by atoms with Gasteiger partial charge in [-0.25, -0.2) is 4.79 Å². The number of hydrogen-bond acceptors (Lipinski definition) is 3. The number of carbonyl (C=O) groups excluding carboxylic acids is 1. The molecule has 0 unspecified atom stereocenters. The molecule has 6 heteroatoms. The average molecular weight is 277 g/mol. The second-order valence-electron chi connectivity index (χ2n) is 4.98. The summed E-state index contributed by atoms with van der Waals surface area (Å²) in [6.45, 7) is 0.365. The lowest BCUT2D eigenvalue weighted by Gasteiger charge is -2.18. The van der Waals surface area contributed by atoms with Gasteiger partial charge in [0.25, 0.3) is 0 Å². The molecule has 1 atom stereocenters. The molecule has 0 aliphatic carbocycles. The highest BCUT2D eigenvalue weighted by Gasteiger charge is 2.29. The predicted octanol–water partition coefficient (Wildman–Crippen LogP) is 0.990. The maximum atomic E-state index is 12.1. The van der Waals surface area contributed by atoms with Crippen LogP contribution in [0.5, 0.6) is 0 Å². The summed E-state index contributed by atoms with van der Waals surface area (Å²) < 4.78 is 0. The largest absolute Gasteiger partial charge is 0.481 e. The number of carbonyl (C=O) groups is 3. The molecule has 2 N–H and O–H groups in total. The number of aromatic carboxylic acids is 1. The zero-order valence-corrected chi connectivity index (χ0v) is 11.0. The van der Waals surface area contributed by atoms with Crippen LogP contribution in [-0.4, -0.2) is 40.0 Å². The van der Waals surface area contributed by atoms with Crippen molar-refractivity contribution in [2.75, 3.05) is 7.05 Å². The predicted molar refractivity (Wildman–Crippen MR) is 69.3 cm³/mol. The number of nitrogens with zero attached hydrogens (tertiary/aromatic N) is 1. The average Bonchev–Trinajstić information content (AvgIpc) is 2.47. The fourth-order valence-corrected chi connectivity index (χ4v) is 2.47. The van der Waals surface area contributed by atoms with Gasteiger partial charge in [-0.1, -0.05) is 6.07 Å². The molecule has 0 saturated heterocycles. The number of carboxylic acids is 2. The Hall–Kier alpha value is -2.37. The van der Waals surface area contributed by atoms with E-state index in [1.807, 2.05) is 0 Å². The van der Waals surface area contributed by atoms with Crippen molar-refractivity contribution in [1.82, 2.24) is 4.90 Å². The molecule has 0 bridgehead atoms. The molecule has 0 fully saturated rings. The van der Waals surface area contributed by atoms with Crippen molar-refractivity contribution in [2.24, 2.45) is 5.92 Å². The molecular weight excluding hydrogens is 262 g/mol. The normalized spacial score (nSPS) is 18.4. The lowest BCUT2D eigenvalue weighted by Crippen LogP contribution is -2.32. The SMILES string of the molecule is CN1Cc2ccc(C(=O)O)cc2C[C@H](CC(=O)O)C1=O. The zero-order valence-electron chi connectivity index (χ0n) is 11.0. The van der Waals surface area contributed by atoms with Crippen LogP contribution >= 0.6 is 0 Å². The topological polar surface area (TPSA) is 94.9 Å². The number of rotatable bonds is 3. The van der Waals surface area contributed by atoms with Gasteiger partial charge in [-0.15, -0.1) is 0 Å². The number of hydrogen-bond donors (Lipinski definition) is 2. The van der Waals surface area contributed by atoms with Crippen LogP contribution in [0.15, 0.2) is 18.2 Å². The van der Waals surface area contributed by atoms with E-state index in [1.165, 1.54) is 17.0 Å². The summed E-state index contributed by atoms with van der Waals surface area (Å²) >= 11 is 0. The van der Waals surface area contributed by atoms with Crippen LogP contribution in [0.1, 0.15) is 27.9 Å². The Kier molecular flexibility index (Phi) is 3.74. The first-order valence-electron chi connectivity index (χ1n) is 6.20. The standard InChI is InChI=1S/C14H15NO5/c1-15-7-9-3-2-8(14(19)20)4-10(9)5-11(13(15)18)6-12(16)17/h2-4,11H,5-7H2,1H3,(H,16,17)(H,19,20)/t11-/m1/s1. The summed E-state index contributed by atoms with van der Waals surface area (Å²) in [6.07, 6.45) is 0.00579. The molecule has 0 radical (unpaired) electrons. The summed E-state index contributed by atoms with van der Waals surface area (Å²) in [5, 5.41) is 17.9. The molecule has 1 aromatic rings. The zero-order chi connectivity index (χ0) is 14.9. The van der Waals surface area contributed by atoms with Gasteiger partial charge in [0.1, 0.15) is 0 Å². The van der Waals surface area contributed by atoms with Crippen molar-refractivity contribution in [3.63, 3.8) is 0 Å². The van der Waals surface area contributed by atoms with Crippen molar-refractivity contribution in [3.8, 4) is 0 Å². The van der Waals surface area contributed by atoms with E-state index in [-0.39, 0.29) is 24.3 Å². The van der Waals surface area contributed by atoms with E-state index in [9.17, 15) is 14.4 Å². The maximum Gasteiger partial charge on any atom is 0.335 e. The van der Waals surface area contributed by atoms with Gasteiger partial charge in [-0.05, 0) is 29.7 Å². The van der Waals surface area contributed by atoms with Gasteiger partial charge in [0.05, 0.1) is 17.9 Å². The number of aliphatic carboxylic acids is 1. The summed E-state index contributed by atoms with van der Waals surface area (Å²) in [7, 11) is 1.62. The smallest absolute Gasteiger partial charge is 0.335 e. The lowest BCUT2D eigenvalue weighted by molar-refractivity contribution is -0.143. The number of benzene rings is 1. The van der Waals surface area contributed by atoms with Crippen molar-refractivity contribution < 1.29 is 24.6 Å². The summed E-state index contributed by atoms with van der Waals surface area (Å²) in [5.74, 6) is -2.94. The Bertz CT molecular complexity index is 581. The van der Waals surface area contributed by atoms with E-state index in [4.69, 9.17) is 10.2 Å². The summed E-state index contributed by atoms with van der Waals surface area (Å²) in [6, 6.07) is 4.71. The van der Waals surface area contributed by atoms with Crippen molar-refractivity contribution in [2.45, 2.75) is 19.4 Å². The summed E-state index contributed by atoms with van der Waals surface area (Å²) in [4.78, 5) is 35.4. The molecule has 0 spiro atoms. The lowest BCUT2D eigenvalue weighted by atomic mass is 9.93. The molecule has 1 aliphatic rings. The summed E-state index contributed by atoms with van der Waals surface area (Å²) in [5.41, 5.74) is 1.74. The van der Waals surface area contributed by atoms with Crippen molar-refractivity contribution in [3.05, 3.63) is 34.9 Å². The highest BCUT2D eigenvalue weighted by Crippen LogP contribution is 2.25. The molecular formula is C14H15NO5. The second kappa shape index (κ2) is 5.32. The van der Waals surface area contributed by atoms with Crippen LogP contribution in [0, 0.1) is 5.92 Å². The number of amides is 1. The van der Waals surface area contributed by atoms with E-state index < -0.39 is 17.9 Å². The number of carboxylic acid groups (broad SMARTS) is 2. The van der Waals surface area contributed by atoms with Gasteiger partial charge in [0.15, 0.2) is 0 Å². The van der Waals surface area contributed by atoms with Gasteiger partial charge in [-0.3, -0.25) is 9.59 Å². The Morgan fingerprint density at radius 1 is 1.30 bits per heavy atom. The molecule has 2 rings (SSSR count). The van der Waals surface area contributed by atoms with Crippen LogP contribution in [0.25, 0.3) is 0 Å². The first kappa shape index (κ1) is 14.0. The molecule has 106 valence electrons. The van der Waals surface area contributed by atoms with E-state index in [1.54, 1.807) is 13.1 Å². The van der Waals surface area contributed by atoms with E-state index in [0.717, 1.165) is 11.1 Å². The molecule has 6 nitrogen and oxygen atoms in total. The highest BCUT2D eigenvalue weighted by molar-refractivity contribution is 5.88. The van der Waals surface area contributed by atoms with Crippen LogP contribution in [-0.2, 0) is 22.6 Å². The minimum absolute atomic E-state index is 0.148. The van der Waals surface area contributed by atoms with Gasteiger partial charge in [-0.2, -0.15) is 0 Å². The third-order valence-electron chi connectivity index (χ3n) is 3.47. The Balaban J connectivity index is 2.39. The van der Waals surface area contributed by atoms with Gasteiger partial charge in [0.2, 0.25) is 5.91 Å². The van der Waals surface area contributed by atoms with Crippen LogP contribution in [0.3, 0.4) is 0 Å². The Morgan fingerprint density at radius 2 is 2.00 bits per heavy atom. The van der Waals surface area contributed by atoms with Gasteiger partial charge >= 0.3 is 11.9 Å². The van der Waals surface area contributed by atoms with E-state index >= 15 is 0 Å². The van der Waals surface area contributed by atoms with Crippen molar-refractivity contribution >= 4 is 17.8 Å². The molecule has 0 saturated carbocycles. The van der Waals surface area contributed by atoms with E-state index in [0.29, 0.717) is 6.54 Å². The molecule has 0 aromatic heterocycles. The fourth-order valence-electron chi connectivity index (χ4n) is 2.47. The number of fused-ring (bicyclic) bond motifs is 1. The van der Waals surface area contributed by atoms with Gasteiger partial charge in [0, 0.05) is 13.6 Å². The maximum absolute atomic E-state index is 12.1. The minimum atomic E-state index is -1.04. The molecule has 1 aromatic carbocycles. The van der Waals surface area contributed by atoms with E-state index in [2.05, 4.69) is 0 Å². The van der Waals surface area contributed by atoms with Crippen LogP contribution in [0.2, 0.25) is 0 Å². The molecule has 1 heterocycles. The highest BCUT2D eigenvalue weighted by atomic mass is 16.4. The van der Waals surface area contributed by atoms with Crippen LogP contribution < -0.4 is 0 Å². The third kappa shape index (κ3) is 2.79. The quantitative estimate of drug-likeness (QED) is 0.859. The van der Waals surface area contributed by atoms with Crippen molar-refractivity contribution in [1.29, 1.82) is 0 Å². The minimum Gasteiger partial charge on any atom is -0.481 e.